The molecule has 4 nitrogen and oxygen atoms in total. The van der Waals surface area contributed by atoms with Crippen molar-refractivity contribution in [3.8, 4) is 17.2 Å². The summed E-state index contributed by atoms with van der Waals surface area (Å²) in [7, 11) is 1.61. The molecule has 0 aliphatic rings. The van der Waals surface area contributed by atoms with Gasteiger partial charge in [0.25, 0.3) is 0 Å². The summed E-state index contributed by atoms with van der Waals surface area (Å²) in [5, 5.41) is 0. The molecule has 0 heterocycles. The maximum atomic E-state index is 12.5. The van der Waals surface area contributed by atoms with E-state index < -0.39 is 0 Å². The van der Waals surface area contributed by atoms with Crippen molar-refractivity contribution in [2.75, 3.05) is 20.3 Å². The first-order valence-electron chi connectivity index (χ1n) is 10.4. The predicted molar refractivity (Wildman–Crippen MR) is 118 cm³/mol. The predicted octanol–water partition coefficient (Wildman–Crippen LogP) is 6.26. The van der Waals surface area contributed by atoms with E-state index in [1.165, 1.54) is 0 Å². The summed E-state index contributed by atoms with van der Waals surface area (Å²) in [4.78, 5) is 12.5. The van der Waals surface area contributed by atoms with E-state index >= 15 is 0 Å². The van der Waals surface area contributed by atoms with Gasteiger partial charge in [-0.05, 0) is 67.8 Å². The second-order valence-corrected chi connectivity index (χ2v) is 6.97. The molecule has 2 rings (SSSR count). The Morgan fingerprint density at radius 3 is 1.97 bits per heavy atom. The summed E-state index contributed by atoms with van der Waals surface area (Å²) in [5.41, 5.74) is 2.50. The van der Waals surface area contributed by atoms with Crippen molar-refractivity contribution in [1.29, 1.82) is 0 Å². The molecular weight excluding hydrogens is 364 g/mol. The van der Waals surface area contributed by atoms with Crippen LogP contribution < -0.4 is 14.2 Å². The molecule has 0 amide bonds. The highest BCUT2D eigenvalue weighted by Crippen LogP contribution is 2.31. The molecule has 0 radical (unpaired) electrons. The first kappa shape index (κ1) is 22.5. The number of carbonyl (C=O) groups excluding carboxylic acids is 1. The molecule has 0 fully saturated rings. The van der Waals surface area contributed by atoms with Crippen LogP contribution in [-0.4, -0.2) is 26.1 Å². The van der Waals surface area contributed by atoms with Gasteiger partial charge in [0.2, 0.25) is 0 Å². The lowest BCUT2D eigenvalue weighted by Crippen LogP contribution is -2.03. The molecule has 29 heavy (non-hydrogen) atoms. The lowest BCUT2D eigenvalue weighted by molar-refractivity contribution is 0.104. The number of rotatable bonds is 12. The molecule has 0 N–H and O–H groups in total. The Kier molecular flexibility index (Phi) is 9.29. The Balaban J connectivity index is 2.21. The molecule has 2 aromatic rings. The maximum Gasteiger partial charge on any atom is 0.185 e. The highest BCUT2D eigenvalue weighted by molar-refractivity contribution is 6.06. The first-order chi connectivity index (χ1) is 14.1. The van der Waals surface area contributed by atoms with Gasteiger partial charge in [0, 0.05) is 11.1 Å². The lowest BCUT2D eigenvalue weighted by atomic mass is 10.1. The van der Waals surface area contributed by atoms with Gasteiger partial charge < -0.3 is 14.2 Å². The Bertz CT molecular complexity index is 775. The van der Waals surface area contributed by atoms with Crippen molar-refractivity contribution in [2.45, 2.75) is 46.5 Å². The van der Waals surface area contributed by atoms with Crippen LogP contribution in [0.25, 0.3) is 6.08 Å². The van der Waals surface area contributed by atoms with Gasteiger partial charge in [0.05, 0.1) is 20.3 Å². The number of unbranched alkanes of at least 4 members (excludes halogenated alkanes) is 2. The Morgan fingerprint density at radius 2 is 1.48 bits per heavy atom. The average molecular weight is 397 g/mol. The third-order valence-corrected chi connectivity index (χ3v) is 4.65. The summed E-state index contributed by atoms with van der Waals surface area (Å²) in [5.74, 6) is 2.29. The number of hydrogen-bond acceptors (Lipinski definition) is 4. The standard InChI is InChI=1S/C25H32O4/c1-5-7-15-28-24-17-20(18-25(19(24)3)29-16-8-6-2)9-14-23(26)21-10-12-22(27-4)13-11-21/h9-14,17-18H,5-8,15-16H2,1-4H3/b14-9+. The van der Waals surface area contributed by atoms with Crippen LogP contribution in [0, 0.1) is 6.92 Å². The second kappa shape index (κ2) is 11.9. The molecule has 0 aliphatic heterocycles. The lowest BCUT2D eigenvalue weighted by Gasteiger charge is -2.15. The van der Waals surface area contributed by atoms with E-state index in [0.717, 1.165) is 54.1 Å². The SMILES string of the molecule is CCCCOc1cc(/C=C/C(=O)c2ccc(OC)cc2)cc(OCCCC)c1C. The zero-order valence-corrected chi connectivity index (χ0v) is 18.0. The molecule has 0 saturated heterocycles. The molecule has 0 bridgehead atoms. The first-order valence-corrected chi connectivity index (χ1v) is 10.4. The van der Waals surface area contributed by atoms with Crippen LogP contribution in [0.15, 0.2) is 42.5 Å². The molecule has 4 heteroatoms. The number of carbonyl (C=O) groups is 1. The molecule has 0 atom stereocenters. The monoisotopic (exact) mass is 396 g/mol. The Morgan fingerprint density at radius 1 is 0.931 bits per heavy atom. The summed E-state index contributed by atoms with van der Waals surface area (Å²) in [6, 6.07) is 11.0. The third kappa shape index (κ3) is 6.97. The van der Waals surface area contributed by atoms with Crippen LogP contribution in [-0.2, 0) is 0 Å². The van der Waals surface area contributed by atoms with Gasteiger partial charge in [-0.25, -0.2) is 0 Å². The highest BCUT2D eigenvalue weighted by atomic mass is 16.5. The van der Waals surface area contributed by atoms with E-state index in [2.05, 4.69) is 13.8 Å². The number of hydrogen-bond donors (Lipinski definition) is 0. The minimum absolute atomic E-state index is 0.0601. The topological polar surface area (TPSA) is 44.8 Å². The fourth-order valence-corrected chi connectivity index (χ4v) is 2.75. The number of allylic oxidation sites excluding steroid dienone is 1. The normalized spacial score (nSPS) is 10.9. The van der Waals surface area contributed by atoms with Gasteiger partial charge in [-0.15, -0.1) is 0 Å². The molecule has 0 saturated carbocycles. The van der Waals surface area contributed by atoms with Crippen molar-refractivity contribution in [3.63, 3.8) is 0 Å². The maximum absolute atomic E-state index is 12.5. The minimum atomic E-state index is -0.0601. The van der Waals surface area contributed by atoms with Gasteiger partial charge in [0.1, 0.15) is 17.2 Å². The fourth-order valence-electron chi connectivity index (χ4n) is 2.75. The van der Waals surface area contributed by atoms with Crippen LogP contribution >= 0.6 is 0 Å². The van der Waals surface area contributed by atoms with Crippen molar-refractivity contribution < 1.29 is 19.0 Å². The summed E-state index contributed by atoms with van der Waals surface area (Å²) in [6.07, 6.45) is 7.55. The summed E-state index contributed by atoms with van der Waals surface area (Å²) in [6.45, 7) is 7.63. The van der Waals surface area contributed by atoms with Crippen molar-refractivity contribution in [2.24, 2.45) is 0 Å². The Hall–Kier alpha value is -2.75. The Labute approximate surface area is 174 Å². The molecular formula is C25H32O4. The molecule has 2 aromatic carbocycles. The van der Waals surface area contributed by atoms with Crippen LogP contribution in [0.3, 0.4) is 0 Å². The van der Waals surface area contributed by atoms with E-state index in [4.69, 9.17) is 14.2 Å². The number of benzene rings is 2. The van der Waals surface area contributed by atoms with Crippen LogP contribution in [0.4, 0.5) is 0 Å². The number of methoxy groups -OCH3 is 1. The molecule has 156 valence electrons. The largest absolute Gasteiger partial charge is 0.497 e. The average Bonchev–Trinajstić information content (AvgIpc) is 2.75. The summed E-state index contributed by atoms with van der Waals surface area (Å²) >= 11 is 0. The van der Waals surface area contributed by atoms with E-state index in [0.29, 0.717) is 18.8 Å². The van der Waals surface area contributed by atoms with Gasteiger partial charge in [-0.3, -0.25) is 4.79 Å². The highest BCUT2D eigenvalue weighted by Gasteiger charge is 2.10. The zero-order valence-electron chi connectivity index (χ0n) is 18.0. The third-order valence-electron chi connectivity index (χ3n) is 4.65. The molecule has 0 unspecified atom stereocenters. The fraction of sp³-hybridized carbons (Fsp3) is 0.400. The quantitative estimate of drug-likeness (QED) is 0.241. The van der Waals surface area contributed by atoms with Crippen LogP contribution in [0.2, 0.25) is 0 Å². The molecule has 0 aromatic heterocycles. The van der Waals surface area contributed by atoms with Crippen LogP contribution in [0.5, 0.6) is 17.2 Å². The van der Waals surface area contributed by atoms with Gasteiger partial charge >= 0.3 is 0 Å². The van der Waals surface area contributed by atoms with E-state index in [9.17, 15) is 4.79 Å². The van der Waals surface area contributed by atoms with E-state index in [1.807, 2.05) is 25.1 Å². The molecule has 0 aliphatic carbocycles. The number of ether oxygens (including phenoxy) is 3. The zero-order chi connectivity index (χ0) is 21.1. The van der Waals surface area contributed by atoms with Crippen molar-refractivity contribution >= 4 is 11.9 Å². The number of ketones is 1. The van der Waals surface area contributed by atoms with Crippen molar-refractivity contribution in [3.05, 3.63) is 59.2 Å². The van der Waals surface area contributed by atoms with E-state index in [-0.39, 0.29) is 5.78 Å². The molecule has 0 spiro atoms. The van der Waals surface area contributed by atoms with Gasteiger partial charge in [-0.2, -0.15) is 0 Å². The van der Waals surface area contributed by atoms with E-state index in [1.54, 1.807) is 37.5 Å². The minimum Gasteiger partial charge on any atom is -0.497 e. The smallest absolute Gasteiger partial charge is 0.185 e. The van der Waals surface area contributed by atoms with Gasteiger partial charge in [-0.1, -0.05) is 32.8 Å². The van der Waals surface area contributed by atoms with Crippen molar-refractivity contribution in [1.82, 2.24) is 0 Å². The second-order valence-electron chi connectivity index (χ2n) is 6.97. The summed E-state index contributed by atoms with van der Waals surface area (Å²) < 4.78 is 17.1. The van der Waals surface area contributed by atoms with Crippen LogP contribution in [0.1, 0.15) is 61.0 Å². The van der Waals surface area contributed by atoms with Gasteiger partial charge in [0.15, 0.2) is 5.78 Å².